The van der Waals surface area contributed by atoms with E-state index in [1.165, 1.54) is 31.4 Å². The maximum Gasteiger partial charge on any atom is 0.0363 e. The number of hydrogen-bond acceptors (Lipinski definition) is 2. The van der Waals surface area contributed by atoms with Crippen LogP contribution in [0.15, 0.2) is 30.3 Å². The molecule has 0 amide bonds. The smallest absolute Gasteiger partial charge is 0.0363 e. The first-order valence-corrected chi connectivity index (χ1v) is 6.67. The summed E-state index contributed by atoms with van der Waals surface area (Å²) in [6, 6.07) is 10.7. The highest BCUT2D eigenvalue weighted by Crippen LogP contribution is 2.38. The minimum Gasteiger partial charge on any atom is -0.374 e. The van der Waals surface area contributed by atoms with Crippen molar-refractivity contribution in [3.05, 3.63) is 30.3 Å². The largest absolute Gasteiger partial charge is 0.374 e. The van der Waals surface area contributed by atoms with Crippen molar-refractivity contribution in [3.8, 4) is 0 Å². The number of rotatable bonds is 5. The molecule has 1 saturated carbocycles. The van der Waals surface area contributed by atoms with Gasteiger partial charge in [-0.1, -0.05) is 31.0 Å². The van der Waals surface area contributed by atoms with Gasteiger partial charge in [-0.15, -0.1) is 0 Å². The lowest BCUT2D eigenvalue weighted by Crippen LogP contribution is -2.40. The number of nitrogens with one attached hydrogen (secondary N) is 1. The van der Waals surface area contributed by atoms with Gasteiger partial charge >= 0.3 is 0 Å². The third-order valence-corrected chi connectivity index (χ3v) is 3.99. The molecule has 0 spiro atoms. The number of benzene rings is 1. The lowest BCUT2D eigenvalue weighted by atomic mass is 9.85. The van der Waals surface area contributed by atoms with Gasteiger partial charge in [-0.3, -0.25) is 0 Å². The molecular formula is C15H24N2. The summed E-state index contributed by atoms with van der Waals surface area (Å²) in [5, 5.41) is 3.38. The number of nitrogens with zero attached hydrogens (tertiary/aromatic N) is 1. The molecule has 0 aliphatic heterocycles. The van der Waals surface area contributed by atoms with Gasteiger partial charge in [-0.2, -0.15) is 0 Å². The zero-order chi connectivity index (χ0) is 12.1. The van der Waals surface area contributed by atoms with Crippen LogP contribution in [0.1, 0.15) is 25.7 Å². The molecule has 2 heteroatoms. The lowest BCUT2D eigenvalue weighted by molar-refractivity contribution is 0.295. The Kier molecular flexibility index (Phi) is 4.06. The Bertz CT molecular complexity index is 328. The molecule has 1 N–H and O–H groups in total. The molecule has 1 fully saturated rings. The molecule has 0 saturated heterocycles. The number of anilines is 1. The molecule has 1 aliphatic rings. The van der Waals surface area contributed by atoms with E-state index in [0.29, 0.717) is 5.41 Å². The summed E-state index contributed by atoms with van der Waals surface area (Å²) in [5.74, 6) is 0. The molecule has 17 heavy (non-hydrogen) atoms. The summed E-state index contributed by atoms with van der Waals surface area (Å²) in [7, 11) is 4.29. The van der Waals surface area contributed by atoms with Crippen molar-refractivity contribution in [1.29, 1.82) is 0 Å². The summed E-state index contributed by atoms with van der Waals surface area (Å²) >= 11 is 0. The quantitative estimate of drug-likeness (QED) is 0.839. The zero-order valence-electron chi connectivity index (χ0n) is 11.1. The molecule has 0 atom stereocenters. The van der Waals surface area contributed by atoms with Gasteiger partial charge in [0.2, 0.25) is 0 Å². The molecule has 2 rings (SSSR count). The Balaban J connectivity index is 2.03. The Morgan fingerprint density at radius 2 is 1.82 bits per heavy atom. The fourth-order valence-electron chi connectivity index (χ4n) is 3.17. The molecule has 0 bridgehead atoms. The molecule has 1 aromatic carbocycles. The molecule has 0 unspecified atom stereocenters. The van der Waals surface area contributed by atoms with Crippen molar-refractivity contribution in [2.24, 2.45) is 5.41 Å². The summed E-state index contributed by atoms with van der Waals surface area (Å²) < 4.78 is 0. The van der Waals surface area contributed by atoms with Gasteiger partial charge in [0.05, 0.1) is 0 Å². The molecule has 0 aromatic heterocycles. The van der Waals surface area contributed by atoms with Crippen LogP contribution in [0.25, 0.3) is 0 Å². The zero-order valence-corrected chi connectivity index (χ0v) is 11.1. The third-order valence-electron chi connectivity index (χ3n) is 3.99. The van der Waals surface area contributed by atoms with Gasteiger partial charge in [0.25, 0.3) is 0 Å². The number of para-hydroxylation sites is 1. The average Bonchev–Trinajstić information content (AvgIpc) is 2.79. The van der Waals surface area contributed by atoms with Crippen LogP contribution in [0.5, 0.6) is 0 Å². The number of hydrogen-bond donors (Lipinski definition) is 1. The lowest BCUT2D eigenvalue weighted by Gasteiger charge is -2.34. The summed E-state index contributed by atoms with van der Waals surface area (Å²) in [6.07, 6.45) is 5.52. The Hall–Kier alpha value is -1.02. The van der Waals surface area contributed by atoms with Crippen LogP contribution in [0, 0.1) is 5.41 Å². The highest BCUT2D eigenvalue weighted by Gasteiger charge is 2.34. The van der Waals surface area contributed by atoms with E-state index in [4.69, 9.17) is 0 Å². The monoisotopic (exact) mass is 232 g/mol. The highest BCUT2D eigenvalue weighted by atomic mass is 15.1. The van der Waals surface area contributed by atoms with Crippen LogP contribution in [0.2, 0.25) is 0 Å². The molecule has 1 aromatic rings. The second kappa shape index (κ2) is 5.54. The van der Waals surface area contributed by atoms with E-state index in [9.17, 15) is 0 Å². The Labute approximate surface area is 105 Å². The second-order valence-corrected chi connectivity index (χ2v) is 5.43. The molecule has 1 aliphatic carbocycles. The standard InChI is InChI=1S/C15H24N2/c1-16-12-15(10-6-7-11-15)13-17(2)14-8-4-3-5-9-14/h3-5,8-9,16H,6-7,10-13H2,1-2H3. The van der Waals surface area contributed by atoms with E-state index < -0.39 is 0 Å². The van der Waals surface area contributed by atoms with Crippen molar-refractivity contribution in [2.75, 3.05) is 32.1 Å². The highest BCUT2D eigenvalue weighted by molar-refractivity contribution is 5.45. The van der Waals surface area contributed by atoms with Crippen LogP contribution in [0.3, 0.4) is 0 Å². The fourth-order valence-corrected chi connectivity index (χ4v) is 3.17. The van der Waals surface area contributed by atoms with Gasteiger partial charge in [-0.05, 0) is 32.0 Å². The van der Waals surface area contributed by atoms with E-state index in [2.05, 4.69) is 54.6 Å². The van der Waals surface area contributed by atoms with E-state index in [0.717, 1.165) is 13.1 Å². The van der Waals surface area contributed by atoms with Gasteiger partial charge in [0.15, 0.2) is 0 Å². The maximum absolute atomic E-state index is 3.38. The van der Waals surface area contributed by atoms with Crippen LogP contribution in [-0.4, -0.2) is 27.2 Å². The van der Waals surface area contributed by atoms with E-state index >= 15 is 0 Å². The van der Waals surface area contributed by atoms with Crippen molar-refractivity contribution in [1.82, 2.24) is 5.32 Å². The summed E-state index contributed by atoms with van der Waals surface area (Å²) in [4.78, 5) is 2.41. The molecule has 0 heterocycles. The predicted octanol–water partition coefficient (Wildman–Crippen LogP) is 2.90. The van der Waals surface area contributed by atoms with Gasteiger partial charge in [0.1, 0.15) is 0 Å². The molecular weight excluding hydrogens is 208 g/mol. The van der Waals surface area contributed by atoms with Crippen molar-refractivity contribution in [2.45, 2.75) is 25.7 Å². The van der Waals surface area contributed by atoms with E-state index in [1.807, 2.05) is 0 Å². The predicted molar refractivity (Wildman–Crippen MR) is 74.5 cm³/mol. The SMILES string of the molecule is CNCC1(CN(C)c2ccccc2)CCCC1. The van der Waals surface area contributed by atoms with Crippen molar-refractivity contribution >= 4 is 5.69 Å². The summed E-state index contributed by atoms with van der Waals surface area (Å²) in [5.41, 5.74) is 1.81. The Morgan fingerprint density at radius 3 is 2.41 bits per heavy atom. The van der Waals surface area contributed by atoms with Crippen molar-refractivity contribution in [3.63, 3.8) is 0 Å². The minimum atomic E-state index is 0.485. The van der Waals surface area contributed by atoms with Gasteiger partial charge < -0.3 is 10.2 Å². The van der Waals surface area contributed by atoms with Crippen LogP contribution in [0.4, 0.5) is 5.69 Å². The van der Waals surface area contributed by atoms with E-state index in [1.54, 1.807) is 0 Å². The topological polar surface area (TPSA) is 15.3 Å². The average molecular weight is 232 g/mol. The third kappa shape index (κ3) is 3.01. The second-order valence-electron chi connectivity index (χ2n) is 5.43. The molecule has 2 nitrogen and oxygen atoms in total. The first kappa shape index (κ1) is 12.4. The van der Waals surface area contributed by atoms with Crippen molar-refractivity contribution < 1.29 is 0 Å². The minimum absolute atomic E-state index is 0.485. The fraction of sp³-hybridized carbons (Fsp3) is 0.600. The van der Waals surface area contributed by atoms with Crippen LogP contribution in [-0.2, 0) is 0 Å². The van der Waals surface area contributed by atoms with Crippen LogP contribution >= 0.6 is 0 Å². The first-order valence-electron chi connectivity index (χ1n) is 6.67. The normalized spacial score (nSPS) is 18.2. The van der Waals surface area contributed by atoms with E-state index in [-0.39, 0.29) is 0 Å². The van der Waals surface area contributed by atoms with Gasteiger partial charge in [-0.25, -0.2) is 0 Å². The molecule has 0 radical (unpaired) electrons. The molecule has 94 valence electrons. The van der Waals surface area contributed by atoms with Crippen LogP contribution < -0.4 is 10.2 Å². The maximum atomic E-state index is 3.38. The first-order chi connectivity index (χ1) is 8.26. The Morgan fingerprint density at radius 1 is 1.18 bits per heavy atom. The van der Waals surface area contributed by atoms with Gasteiger partial charge in [0, 0.05) is 31.2 Å². The summed E-state index contributed by atoms with van der Waals surface area (Å²) in [6.45, 7) is 2.31.